The van der Waals surface area contributed by atoms with Gasteiger partial charge in [0.2, 0.25) is 11.9 Å². The third kappa shape index (κ3) is 3.03. The summed E-state index contributed by atoms with van der Waals surface area (Å²) in [6.07, 6.45) is 0. The van der Waals surface area contributed by atoms with Gasteiger partial charge in [0.25, 0.3) is 0 Å². The molecule has 0 radical (unpaired) electrons. The summed E-state index contributed by atoms with van der Waals surface area (Å²) < 4.78 is 6.24. The second-order valence-corrected chi connectivity index (χ2v) is 2.28. The molecule has 0 unspecified atom stereocenters. The maximum Gasteiger partial charge on any atom is 0.243 e. The largest absolute Gasteiger partial charge is 0.370 e. The van der Waals surface area contributed by atoms with Crippen molar-refractivity contribution in [1.29, 1.82) is 0 Å². The van der Waals surface area contributed by atoms with Gasteiger partial charge in [0.05, 0.1) is 13.2 Å². The molecule has 0 aromatic carbocycles. The molecule has 0 aliphatic carbocycles. The Labute approximate surface area is 73.8 Å². The van der Waals surface area contributed by atoms with Gasteiger partial charge in [0.15, 0.2) is 0 Å². The van der Waals surface area contributed by atoms with Crippen molar-refractivity contribution in [3.05, 3.63) is 0 Å². The van der Waals surface area contributed by atoms with E-state index in [9.17, 15) is 4.79 Å². The molecule has 8 nitrogen and oxygen atoms in total. The summed E-state index contributed by atoms with van der Waals surface area (Å²) in [4.78, 5) is 10.3. The number of aromatic nitrogens is 4. The van der Waals surface area contributed by atoms with E-state index in [1.54, 1.807) is 0 Å². The Kier molecular flexibility index (Phi) is 3.15. The van der Waals surface area contributed by atoms with Gasteiger partial charge in [0.1, 0.15) is 6.61 Å². The minimum absolute atomic E-state index is 0.109. The first-order valence-corrected chi connectivity index (χ1v) is 3.58. The lowest BCUT2D eigenvalue weighted by atomic mass is 10.6. The molecule has 0 spiro atoms. The second-order valence-electron chi connectivity index (χ2n) is 2.28. The molecule has 0 saturated heterocycles. The molecule has 1 aromatic heterocycles. The Bertz CT molecular complexity index is 284. The van der Waals surface area contributed by atoms with E-state index >= 15 is 0 Å². The van der Waals surface area contributed by atoms with Crippen LogP contribution in [0, 0.1) is 0 Å². The number of nitrogens with zero attached hydrogens (tertiary/aromatic N) is 4. The number of hydrogen-bond acceptors (Lipinski definition) is 6. The molecule has 0 fully saturated rings. The van der Waals surface area contributed by atoms with Gasteiger partial charge >= 0.3 is 0 Å². The van der Waals surface area contributed by atoms with E-state index in [1.807, 2.05) is 0 Å². The number of ether oxygens (including phenoxy) is 1. The van der Waals surface area contributed by atoms with Crippen LogP contribution >= 0.6 is 0 Å². The van der Waals surface area contributed by atoms with Gasteiger partial charge in [-0.25, -0.2) is 4.68 Å². The van der Waals surface area contributed by atoms with E-state index in [-0.39, 0.29) is 19.2 Å². The summed E-state index contributed by atoms with van der Waals surface area (Å²) in [7, 11) is 0. The SMILES string of the molecule is NC(=O)COCCn1nnnc1N. The van der Waals surface area contributed by atoms with E-state index in [1.165, 1.54) is 4.68 Å². The quantitative estimate of drug-likeness (QED) is 0.501. The molecule has 0 bridgehead atoms. The topological polar surface area (TPSA) is 122 Å². The van der Waals surface area contributed by atoms with Gasteiger partial charge in [-0.1, -0.05) is 5.10 Å². The summed E-state index contributed by atoms with van der Waals surface area (Å²) in [6, 6.07) is 0. The lowest BCUT2D eigenvalue weighted by Crippen LogP contribution is -2.20. The highest BCUT2D eigenvalue weighted by Gasteiger charge is 2.00. The normalized spacial score (nSPS) is 10.2. The lowest BCUT2D eigenvalue weighted by molar-refractivity contribution is -0.122. The van der Waals surface area contributed by atoms with Crippen molar-refractivity contribution in [3.8, 4) is 0 Å². The number of rotatable bonds is 5. The Morgan fingerprint density at radius 2 is 2.38 bits per heavy atom. The molecule has 0 saturated carbocycles. The number of carbonyl (C=O) groups excluding carboxylic acids is 1. The molecule has 0 atom stereocenters. The van der Waals surface area contributed by atoms with E-state index in [2.05, 4.69) is 15.5 Å². The predicted molar refractivity (Wildman–Crippen MR) is 42.2 cm³/mol. The number of tetrazole rings is 1. The first-order chi connectivity index (χ1) is 6.20. The van der Waals surface area contributed by atoms with Crippen LogP contribution < -0.4 is 11.5 Å². The molecule has 8 heteroatoms. The Morgan fingerprint density at radius 1 is 1.62 bits per heavy atom. The van der Waals surface area contributed by atoms with Gasteiger partial charge in [-0.3, -0.25) is 4.79 Å². The molecular formula is C5H10N6O2. The molecule has 1 amide bonds. The summed E-state index contributed by atoms with van der Waals surface area (Å²) in [5.74, 6) is -0.299. The van der Waals surface area contributed by atoms with E-state index in [4.69, 9.17) is 16.2 Å². The highest BCUT2D eigenvalue weighted by molar-refractivity contribution is 5.74. The minimum Gasteiger partial charge on any atom is -0.370 e. The average Bonchev–Trinajstić information content (AvgIpc) is 2.45. The van der Waals surface area contributed by atoms with Crippen molar-refractivity contribution in [3.63, 3.8) is 0 Å². The van der Waals surface area contributed by atoms with Gasteiger partial charge in [-0.15, -0.1) is 0 Å². The van der Waals surface area contributed by atoms with Crippen molar-refractivity contribution in [2.45, 2.75) is 6.54 Å². The molecule has 72 valence electrons. The number of primary amides is 1. The number of hydrogen-bond donors (Lipinski definition) is 2. The molecule has 1 heterocycles. The van der Waals surface area contributed by atoms with Gasteiger partial charge < -0.3 is 16.2 Å². The van der Waals surface area contributed by atoms with Crippen LogP contribution in [0.15, 0.2) is 0 Å². The van der Waals surface area contributed by atoms with Crippen molar-refractivity contribution in [2.24, 2.45) is 5.73 Å². The first kappa shape index (κ1) is 9.39. The zero-order chi connectivity index (χ0) is 9.68. The van der Waals surface area contributed by atoms with Crippen molar-refractivity contribution in [2.75, 3.05) is 18.9 Å². The fourth-order valence-corrected chi connectivity index (χ4v) is 0.695. The molecule has 0 aliphatic rings. The highest BCUT2D eigenvalue weighted by Crippen LogP contribution is 1.90. The fourth-order valence-electron chi connectivity index (χ4n) is 0.695. The standard InChI is InChI=1S/C5H10N6O2/c6-4(12)3-13-2-1-11-5(7)8-9-10-11/h1-3H2,(H2,6,12)(H2,7,8,10). The van der Waals surface area contributed by atoms with Crippen molar-refractivity contribution < 1.29 is 9.53 Å². The summed E-state index contributed by atoms with van der Waals surface area (Å²) >= 11 is 0. The van der Waals surface area contributed by atoms with Crippen LogP contribution in [0.2, 0.25) is 0 Å². The maximum atomic E-state index is 10.3. The number of amides is 1. The van der Waals surface area contributed by atoms with Crippen LogP contribution in [-0.4, -0.2) is 39.3 Å². The highest BCUT2D eigenvalue weighted by atomic mass is 16.5. The third-order valence-corrected chi connectivity index (χ3v) is 1.25. The van der Waals surface area contributed by atoms with E-state index < -0.39 is 5.91 Å². The number of carbonyl (C=O) groups is 1. The van der Waals surface area contributed by atoms with Gasteiger partial charge in [-0.05, 0) is 10.4 Å². The monoisotopic (exact) mass is 186 g/mol. The summed E-state index contributed by atoms with van der Waals surface area (Å²) in [6.45, 7) is 0.576. The zero-order valence-electron chi connectivity index (χ0n) is 6.88. The van der Waals surface area contributed by atoms with Crippen molar-refractivity contribution >= 4 is 11.9 Å². The van der Waals surface area contributed by atoms with E-state index in [0.29, 0.717) is 6.54 Å². The molecular weight excluding hydrogens is 176 g/mol. The Hall–Kier alpha value is -1.70. The van der Waals surface area contributed by atoms with Crippen LogP contribution in [0.5, 0.6) is 0 Å². The Morgan fingerprint density at radius 3 is 2.92 bits per heavy atom. The smallest absolute Gasteiger partial charge is 0.243 e. The molecule has 4 N–H and O–H groups in total. The third-order valence-electron chi connectivity index (χ3n) is 1.25. The molecule has 1 rings (SSSR count). The molecule has 1 aromatic rings. The number of nitrogens with two attached hydrogens (primary N) is 2. The van der Waals surface area contributed by atoms with Crippen LogP contribution in [0.3, 0.4) is 0 Å². The second kappa shape index (κ2) is 4.36. The summed E-state index contributed by atoms with van der Waals surface area (Å²) in [5, 5.41) is 10.4. The van der Waals surface area contributed by atoms with Crippen LogP contribution in [0.25, 0.3) is 0 Å². The predicted octanol–water partition coefficient (Wildman–Crippen LogP) is -2.24. The minimum atomic E-state index is -0.510. The van der Waals surface area contributed by atoms with Crippen LogP contribution in [0.4, 0.5) is 5.95 Å². The van der Waals surface area contributed by atoms with Crippen LogP contribution in [-0.2, 0) is 16.1 Å². The Balaban J connectivity index is 2.20. The van der Waals surface area contributed by atoms with Crippen molar-refractivity contribution in [1.82, 2.24) is 20.2 Å². The molecule has 13 heavy (non-hydrogen) atoms. The average molecular weight is 186 g/mol. The van der Waals surface area contributed by atoms with Gasteiger partial charge in [-0.2, -0.15) is 0 Å². The zero-order valence-corrected chi connectivity index (χ0v) is 6.88. The fraction of sp³-hybridized carbons (Fsp3) is 0.600. The number of nitrogen functional groups attached to an aromatic ring is 1. The molecule has 0 aliphatic heterocycles. The first-order valence-electron chi connectivity index (χ1n) is 3.58. The maximum absolute atomic E-state index is 10.3. The van der Waals surface area contributed by atoms with Gasteiger partial charge in [0, 0.05) is 0 Å². The van der Waals surface area contributed by atoms with Crippen LogP contribution in [0.1, 0.15) is 0 Å². The lowest BCUT2D eigenvalue weighted by Gasteiger charge is -2.01. The summed E-state index contributed by atoms with van der Waals surface area (Å²) in [5.41, 5.74) is 10.2. The van der Waals surface area contributed by atoms with E-state index in [0.717, 1.165) is 0 Å². The number of anilines is 1.